The van der Waals surface area contributed by atoms with Gasteiger partial charge in [-0.2, -0.15) is 8.42 Å². The van der Waals surface area contributed by atoms with Crippen molar-refractivity contribution in [3.05, 3.63) is 60.6 Å². The summed E-state index contributed by atoms with van der Waals surface area (Å²) in [6, 6.07) is 9.42. The maximum atomic E-state index is 12.5. The third-order valence-corrected chi connectivity index (χ3v) is 9.32. The minimum atomic E-state index is -4.75. The molecule has 0 spiro atoms. The van der Waals surface area contributed by atoms with Crippen molar-refractivity contribution in [2.45, 2.75) is 50.8 Å². The van der Waals surface area contributed by atoms with E-state index >= 15 is 0 Å². The molecule has 1 N–H and O–H groups in total. The highest BCUT2D eigenvalue weighted by Gasteiger charge is 2.34. The lowest BCUT2D eigenvalue weighted by molar-refractivity contribution is -0.274. The van der Waals surface area contributed by atoms with Gasteiger partial charge in [-0.15, -0.1) is 13.2 Å². The Hall–Kier alpha value is -3.64. The van der Waals surface area contributed by atoms with Crippen LogP contribution < -0.4 is 9.47 Å². The number of alkyl halides is 3. The second-order valence-corrected chi connectivity index (χ2v) is 12.0. The van der Waals surface area contributed by atoms with Gasteiger partial charge in [0.25, 0.3) is 0 Å². The van der Waals surface area contributed by atoms with Crippen LogP contribution in [0.3, 0.4) is 0 Å². The number of nitrogens with one attached hydrogen (secondary N) is 1. The molecule has 4 heterocycles. The van der Waals surface area contributed by atoms with Gasteiger partial charge in [0.1, 0.15) is 22.1 Å². The number of pyridine rings is 2. The quantitative estimate of drug-likeness (QED) is 0.268. The number of rotatable bonds is 6. The van der Waals surface area contributed by atoms with Crippen LogP contribution in [0, 0.1) is 11.8 Å². The highest BCUT2D eigenvalue weighted by atomic mass is 32.2. The summed E-state index contributed by atoms with van der Waals surface area (Å²) in [5, 5.41) is 2.17. The maximum absolute atomic E-state index is 12.5. The first kappa shape index (κ1) is 28.5. The van der Waals surface area contributed by atoms with E-state index in [1.54, 1.807) is 6.20 Å². The molecule has 1 atom stereocenters. The molecule has 1 saturated heterocycles. The van der Waals surface area contributed by atoms with Crippen LogP contribution in [-0.4, -0.2) is 59.3 Å². The smallest absolute Gasteiger partial charge is 0.493 e. The molecule has 0 amide bonds. The number of aromatic amines is 1. The summed E-state index contributed by atoms with van der Waals surface area (Å²) in [6.45, 7) is 1.59. The maximum Gasteiger partial charge on any atom is 0.573 e. The molecule has 1 unspecified atom stereocenters. The third kappa shape index (κ3) is 6.24. The standard InChI is InChI=1S/C30H31F3N4O4S/c31-30(32,33)41-23-9-7-22(8-10-23)40-18-19-2-1-15-37(17-19)29(42(38)39)21-5-3-20(4-6-21)24-11-13-34-26-16-36-28-25(27(24)26)12-14-35-28/h7-14,16,19-21H,1-6,15,17-18H2,(H,35,36). The molecule has 2 fully saturated rings. The van der Waals surface area contributed by atoms with E-state index in [0.717, 1.165) is 60.5 Å². The molecule has 3 aromatic heterocycles. The van der Waals surface area contributed by atoms with Crippen molar-refractivity contribution in [3.8, 4) is 11.5 Å². The topological polar surface area (TPSA) is 97.4 Å². The number of halogens is 3. The van der Waals surface area contributed by atoms with E-state index in [9.17, 15) is 21.6 Å². The van der Waals surface area contributed by atoms with Gasteiger partial charge in [0.15, 0.2) is 0 Å². The van der Waals surface area contributed by atoms with Crippen LogP contribution in [0.1, 0.15) is 50.0 Å². The molecule has 4 aromatic rings. The van der Waals surface area contributed by atoms with Crippen molar-refractivity contribution in [3.63, 3.8) is 0 Å². The van der Waals surface area contributed by atoms with Gasteiger partial charge < -0.3 is 14.5 Å². The number of benzene rings is 1. The van der Waals surface area contributed by atoms with Gasteiger partial charge in [0.05, 0.1) is 18.3 Å². The number of hydrogen-bond acceptors (Lipinski definition) is 6. The number of piperidine rings is 1. The van der Waals surface area contributed by atoms with Crippen LogP contribution in [0.2, 0.25) is 0 Å². The molecule has 0 bridgehead atoms. The fraction of sp³-hybridized carbons (Fsp3) is 0.433. The van der Waals surface area contributed by atoms with Crippen LogP contribution >= 0.6 is 0 Å². The lowest BCUT2D eigenvalue weighted by atomic mass is 9.77. The van der Waals surface area contributed by atoms with Crippen molar-refractivity contribution >= 4 is 37.2 Å². The predicted octanol–water partition coefficient (Wildman–Crippen LogP) is 6.08. The third-order valence-electron chi connectivity index (χ3n) is 8.38. The monoisotopic (exact) mass is 600 g/mol. The van der Waals surface area contributed by atoms with E-state index in [1.807, 2.05) is 23.4 Å². The average Bonchev–Trinajstić information content (AvgIpc) is 3.46. The Kier molecular flexibility index (Phi) is 8.09. The number of nitrogens with zero attached hydrogens (tertiary/aromatic N) is 3. The van der Waals surface area contributed by atoms with Gasteiger partial charge in [-0.25, -0.2) is 4.98 Å². The average molecular weight is 601 g/mol. The second-order valence-electron chi connectivity index (χ2n) is 11.1. The SMILES string of the molecule is O=S(=O)=C(C1CCC(c2ccnc3cnc4[nH]ccc4c23)CC1)N1CCCC(COc2ccc(OC(F)(F)F)cc2)C1. The number of H-pyrrole nitrogens is 1. The van der Waals surface area contributed by atoms with Gasteiger partial charge in [-0.1, -0.05) is 0 Å². The molecule has 8 nitrogen and oxygen atoms in total. The Morgan fingerprint density at radius 3 is 2.50 bits per heavy atom. The summed E-state index contributed by atoms with van der Waals surface area (Å²) in [4.78, 5) is 14.7. The fourth-order valence-electron chi connectivity index (χ4n) is 6.52. The lowest BCUT2D eigenvalue weighted by Gasteiger charge is -2.37. The lowest BCUT2D eigenvalue weighted by Crippen LogP contribution is -2.45. The minimum absolute atomic E-state index is 0.0394. The van der Waals surface area contributed by atoms with Gasteiger partial charge >= 0.3 is 6.36 Å². The largest absolute Gasteiger partial charge is 0.573 e. The molecule has 1 aliphatic carbocycles. The summed E-state index contributed by atoms with van der Waals surface area (Å²) < 4.78 is 72.1. The van der Waals surface area contributed by atoms with Crippen LogP contribution in [0.5, 0.6) is 11.5 Å². The predicted molar refractivity (Wildman–Crippen MR) is 153 cm³/mol. The summed E-state index contributed by atoms with van der Waals surface area (Å²) in [6.07, 6.45) is 5.81. The van der Waals surface area contributed by atoms with E-state index in [0.29, 0.717) is 36.4 Å². The summed E-state index contributed by atoms with van der Waals surface area (Å²) in [5.74, 6) is 0.497. The second kappa shape index (κ2) is 11.9. The van der Waals surface area contributed by atoms with Crippen molar-refractivity contribution in [1.29, 1.82) is 0 Å². The van der Waals surface area contributed by atoms with Crippen LogP contribution in [0.15, 0.2) is 55.0 Å². The van der Waals surface area contributed by atoms with E-state index < -0.39 is 16.7 Å². The van der Waals surface area contributed by atoms with E-state index in [1.165, 1.54) is 29.8 Å². The Morgan fingerprint density at radius 1 is 1.00 bits per heavy atom. The number of fused-ring (bicyclic) bond motifs is 3. The molecule has 1 aliphatic heterocycles. The number of likely N-dealkylation sites (tertiary alicyclic amines) is 1. The van der Waals surface area contributed by atoms with Crippen molar-refractivity contribution in [2.75, 3.05) is 19.7 Å². The van der Waals surface area contributed by atoms with Crippen molar-refractivity contribution < 1.29 is 31.1 Å². The number of aromatic nitrogens is 3. The Labute approximate surface area is 242 Å². The Bertz CT molecular complexity index is 1690. The van der Waals surface area contributed by atoms with Gasteiger partial charge in [0.2, 0.25) is 10.3 Å². The van der Waals surface area contributed by atoms with Crippen LogP contribution in [0.25, 0.3) is 21.9 Å². The Morgan fingerprint density at radius 2 is 1.76 bits per heavy atom. The highest BCUT2D eigenvalue weighted by Crippen LogP contribution is 2.41. The molecule has 2 aliphatic rings. The zero-order chi connectivity index (χ0) is 29.3. The van der Waals surface area contributed by atoms with Crippen LogP contribution in [-0.2, 0) is 10.3 Å². The first-order valence-corrected chi connectivity index (χ1v) is 15.2. The fourth-order valence-corrected chi connectivity index (χ4v) is 7.41. The molecule has 222 valence electrons. The van der Waals surface area contributed by atoms with Gasteiger partial charge in [0, 0.05) is 48.1 Å². The van der Waals surface area contributed by atoms with Gasteiger partial charge in [-0.05, 0) is 86.4 Å². The number of ether oxygens (including phenoxy) is 2. The first-order chi connectivity index (χ1) is 20.2. The molecule has 6 rings (SSSR count). The molecule has 1 aromatic carbocycles. The molecule has 0 radical (unpaired) electrons. The Balaban J connectivity index is 1.09. The zero-order valence-corrected chi connectivity index (χ0v) is 23.6. The highest BCUT2D eigenvalue weighted by molar-refractivity contribution is 7.72. The molecular formula is C30H31F3N4O4S. The molecule has 12 heteroatoms. The summed E-state index contributed by atoms with van der Waals surface area (Å²) in [7, 11) is -2.33. The molecule has 42 heavy (non-hydrogen) atoms. The van der Waals surface area contributed by atoms with E-state index in [2.05, 4.69) is 25.8 Å². The summed E-state index contributed by atoms with van der Waals surface area (Å²) in [5.41, 5.74) is 2.93. The summed E-state index contributed by atoms with van der Waals surface area (Å²) >= 11 is 0. The van der Waals surface area contributed by atoms with Gasteiger partial charge in [-0.3, -0.25) is 9.88 Å². The zero-order valence-electron chi connectivity index (χ0n) is 22.8. The van der Waals surface area contributed by atoms with Crippen LogP contribution in [0.4, 0.5) is 13.2 Å². The number of hydrogen-bond donors (Lipinski definition) is 1. The molecule has 1 saturated carbocycles. The van der Waals surface area contributed by atoms with E-state index in [-0.39, 0.29) is 17.6 Å². The van der Waals surface area contributed by atoms with E-state index in [4.69, 9.17) is 4.74 Å². The first-order valence-electron chi connectivity index (χ1n) is 14.2. The van der Waals surface area contributed by atoms with Crippen molar-refractivity contribution in [1.82, 2.24) is 19.9 Å². The minimum Gasteiger partial charge on any atom is -0.493 e. The normalized spacial score (nSPS) is 21.8. The van der Waals surface area contributed by atoms with Crippen molar-refractivity contribution in [2.24, 2.45) is 11.8 Å². The molecular weight excluding hydrogens is 569 g/mol.